The van der Waals surface area contributed by atoms with Crippen molar-refractivity contribution in [3.05, 3.63) is 176 Å². The van der Waals surface area contributed by atoms with Gasteiger partial charge in [0, 0.05) is 64.5 Å². The Morgan fingerprint density at radius 2 is 1.00 bits per heavy atom. The van der Waals surface area contributed by atoms with E-state index in [0.717, 1.165) is 72.1 Å². The largest absolute Gasteiger partial charge is 0.456 e. The van der Waals surface area contributed by atoms with E-state index < -0.39 is 0 Å². The van der Waals surface area contributed by atoms with Crippen LogP contribution in [-0.2, 0) is 0 Å². The van der Waals surface area contributed by atoms with E-state index in [-0.39, 0.29) is 0 Å². The maximum atomic E-state index is 6.78. The molecule has 3 aromatic heterocycles. The monoisotopic (exact) mass is 707 g/mol. The van der Waals surface area contributed by atoms with Gasteiger partial charge < -0.3 is 13.7 Å². The van der Waals surface area contributed by atoms with Crippen LogP contribution in [0.1, 0.15) is 0 Å². The molecule has 0 aliphatic rings. The summed E-state index contributed by atoms with van der Waals surface area (Å²) in [4.78, 5) is 2.40. The van der Waals surface area contributed by atoms with Crippen LogP contribution in [0.2, 0.25) is 0 Å². The second kappa shape index (κ2) is 11.3. The van der Waals surface area contributed by atoms with Crippen LogP contribution in [0, 0.1) is 0 Å². The lowest BCUT2D eigenvalue weighted by molar-refractivity contribution is 0.668. The predicted octanol–water partition coefficient (Wildman–Crippen LogP) is 15.3. The highest BCUT2D eigenvalue weighted by Crippen LogP contribution is 2.46. The van der Waals surface area contributed by atoms with Gasteiger partial charge in [-0.25, -0.2) is 0 Å². The van der Waals surface area contributed by atoms with E-state index in [2.05, 4.69) is 163 Å². The van der Waals surface area contributed by atoms with Crippen molar-refractivity contribution in [2.75, 3.05) is 4.90 Å². The molecule has 0 N–H and O–H groups in total. The highest BCUT2D eigenvalue weighted by atomic mass is 32.1. The smallest absolute Gasteiger partial charge is 0.137 e. The Hall–Kier alpha value is -6.88. The summed E-state index contributed by atoms with van der Waals surface area (Å²) in [6.45, 7) is 0. The molecule has 0 saturated heterocycles. The van der Waals surface area contributed by atoms with Gasteiger partial charge >= 0.3 is 0 Å². The maximum absolute atomic E-state index is 6.78. The van der Waals surface area contributed by atoms with Gasteiger partial charge in [0.2, 0.25) is 0 Å². The molecule has 0 amide bonds. The average molecular weight is 708 g/mol. The zero-order valence-corrected chi connectivity index (χ0v) is 29.7. The molecule has 0 aliphatic heterocycles. The summed E-state index contributed by atoms with van der Waals surface area (Å²) in [5.74, 6) is 0. The number of anilines is 3. The first-order valence-electron chi connectivity index (χ1n) is 18.2. The summed E-state index contributed by atoms with van der Waals surface area (Å²) in [5, 5.41) is 11.9. The number of benzene rings is 9. The minimum atomic E-state index is 0.852. The lowest BCUT2D eigenvalue weighted by Gasteiger charge is -2.27. The minimum Gasteiger partial charge on any atom is -0.456 e. The van der Waals surface area contributed by atoms with Gasteiger partial charge in [0.1, 0.15) is 22.3 Å². The fourth-order valence-electron chi connectivity index (χ4n) is 8.59. The average Bonchev–Trinajstić information content (AvgIpc) is 3.91. The van der Waals surface area contributed by atoms with Gasteiger partial charge in [0.05, 0.1) is 5.69 Å². The Kier molecular flexibility index (Phi) is 6.21. The second-order valence-corrected chi connectivity index (χ2v) is 15.1. The Bertz CT molecular complexity index is 3470. The highest BCUT2D eigenvalue weighted by Gasteiger charge is 2.21. The van der Waals surface area contributed by atoms with Crippen LogP contribution in [0.25, 0.3) is 96.7 Å². The Labute approximate surface area is 313 Å². The van der Waals surface area contributed by atoms with Crippen LogP contribution in [0.3, 0.4) is 0 Å². The molecule has 0 spiro atoms. The SMILES string of the molecule is c1ccc2c(c1)cc(N(c1ccc3c(c1)oc1cc(-c4cccc5oc6ccccc6c45)ccc13)c1ccc3c(c1)sc1ccccc13)c1ccccc12. The predicted molar refractivity (Wildman–Crippen MR) is 229 cm³/mol. The number of rotatable bonds is 4. The van der Waals surface area contributed by atoms with Crippen molar-refractivity contribution in [1.82, 2.24) is 0 Å². The van der Waals surface area contributed by atoms with Gasteiger partial charge in [0.15, 0.2) is 0 Å². The van der Waals surface area contributed by atoms with E-state index in [1.807, 2.05) is 29.5 Å². The molecule has 0 saturated carbocycles. The molecule has 0 atom stereocenters. The van der Waals surface area contributed by atoms with Crippen LogP contribution in [0.15, 0.2) is 185 Å². The van der Waals surface area contributed by atoms with Crippen molar-refractivity contribution in [3.8, 4) is 11.1 Å². The van der Waals surface area contributed by atoms with E-state index >= 15 is 0 Å². The molecule has 12 aromatic rings. The summed E-state index contributed by atoms with van der Waals surface area (Å²) in [7, 11) is 0. The van der Waals surface area contributed by atoms with E-state index in [9.17, 15) is 0 Å². The Morgan fingerprint density at radius 3 is 1.89 bits per heavy atom. The summed E-state index contributed by atoms with van der Waals surface area (Å²) in [6.07, 6.45) is 0. The normalized spacial score (nSPS) is 12.1. The second-order valence-electron chi connectivity index (χ2n) is 14.0. The van der Waals surface area contributed by atoms with Gasteiger partial charge in [-0.2, -0.15) is 0 Å². The minimum absolute atomic E-state index is 0.852. The molecule has 12 rings (SSSR count). The van der Waals surface area contributed by atoms with Crippen molar-refractivity contribution >= 4 is 114 Å². The summed E-state index contributed by atoms with van der Waals surface area (Å²) in [5.41, 5.74) is 8.99. The molecule has 0 bridgehead atoms. The standard InChI is InChI=1S/C50H29NO2S/c1-2-11-34-30(10-1)26-43(37-13-4-3-12-36(34)37)51(33-22-25-41-40-14-6-8-19-48(40)54-49(41)29-33)32-21-24-39-38-23-20-31(27-46(38)53-47(39)28-32)35-16-9-18-45-50(35)42-15-5-7-17-44(42)52-45/h1-29H. The van der Waals surface area contributed by atoms with Crippen LogP contribution < -0.4 is 4.90 Å². The van der Waals surface area contributed by atoms with Crippen LogP contribution >= 0.6 is 11.3 Å². The number of nitrogens with zero attached hydrogens (tertiary/aromatic N) is 1. The zero-order chi connectivity index (χ0) is 35.3. The van der Waals surface area contributed by atoms with E-state index in [0.29, 0.717) is 0 Å². The van der Waals surface area contributed by atoms with Gasteiger partial charge in [-0.15, -0.1) is 11.3 Å². The molecule has 0 aliphatic carbocycles. The number of furan rings is 2. The lowest BCUT2D eigenvalue weighted by atomic mass is 9.98. The van der Waals surface area contributed by atoms with E-state index in [1.165, 1.54) is 41.7 Å². The number of thiophene rings is 1. The van der Waals surface area contributed by atoms with Crippen LogP contribution in [0.4, 0.5) is 17.1 Å². The quantitative estimate of drug-likeness (QED) is 0.171. The molecule has 3 heterocycles. The van der Waals surface area contributed by atoms with Gasteiger partial charge in [-0.1, -0.05) is 109 Å². The van der Waals surface area contributed by atoms with E-state index in [4.69, 9.17) is 8.83 Å². The Morgan fingerprint density at radius 1 is 0.370 bits per heavy atom. The van der Waals surface area contributed by atoms with Crippen LogP contribution in [-0.4, -0.2) is 0 Å². The Balaban J connectivity index is 1.07. The molecule has 0 radical (unpaired) electrons. The van der Waals surface area contributed by atoms with Crippen molar-refractivity contribution < 1.29 is 8.83 Å². The third kappa shape index (κ3) is 4.35. The molecule has 54 heavy (non-hydrogen) atoms. The molecule has 9 aromatic carbocycles. The molecule has 0 fully saturated rings. The molecular weight excluding hydrogens is 679 g/mol. The molecule has 3 nitrogen and oxygen atoms in total. The third-order valence-corrected chi connectivity index (χ3v) is 12.2. The zero-order valence-electron chi connectivity index (χ0n) is 28.9. The molecule has 4 heteroatoms. The third-order valence-electron chi connectivity index (χ3n) is 11.0. The maximum Gasteiger partial charge on any atom is 0.137 e. The van der Waals surface area contributed by atoms with Crippen molar-refractivity contribution in [2.45, 2.75) is 0 Å². The summed E-state index contributed by atoms with van der Waals surface area (Å²) in [6, 6.07) is 63.1. The highest BCUT2D eigenvalue weighted by molar-refractivity contribution is 7.25. The summed E-state index contributed by atoms with van der Waals surface area (Å²) >= 11 is 1.85. The number of hydrogen-bond donors (Lipinski definition) is 0. The fraction of sp³-hybridized carbons (Fsp3) is 0. The lowest BCUT2D eigenvalue weighted by Crippen LogP contribution is -2.10. The summed E-state index contributed by atoms with van der Waals surface area (Å²) < 4.78 is 15.6. The van der Waals surface area contributed by atoms with Crippen molar-refractivity contribution in [1.29, 1.82) is 0 Å². The van der Waals surface area contributed by atoms with Crippen molar-refractivity contribution in [2.24, 2.45) is 0 Å². The van der Waals surface area contributed by atoms with Gasteiger partial charge in [-0.05, 0) is 87.9 Å². The van der Waals surface area contributed by atoms with Crippen molar-refractivity contribution in [3.63, 3.8) is 0 Å². The fourth-order valence-corrected chi connectivity index (χ4v) is 9.73. The van der Waals surface area contributed by atoms with Gasteiger partial charge in [0.25, 0.3) is 0 Å². The van der Waals surface area contributed by atoms with Crippen LogP contribution in [0.5, 0.6) is 0 Å². The molecular formula is C50H29NO2S. The molecule has 0 unspecified atom stereocenters. The number of hydrogen-bond acceptors (Lipinski definition) is 4. The van der Waals surface area contributed by atoms with Gasteiger partial charge in [-0.3, -0.25) is 0 Å². The first-order valence-corrected chi connectivity index (χ1v) is 19.1. The topological polar surface area (TPSA) is 29.5 Å². The van der Waals surface area contributed by atoms with E-state index in [1.54, 1.807) is 0 Å². The number of para-hydroxylation sites is 1. The molecule has 252 valence electrons. The first kappa shape index (κ1) is 29.7. The number of fused-ring (bicyclic) bond motifs is 12. The first-order chi connectivity index (χ1) is 26.7.